The van der Waals surface area contributed by atoms with E-state index in [9.17, 15) is 9.59 Å². The average Bonchev–Trinajstić information content (AvgIpc) is 2.67. The molecule has 2 aromatic carbocycles. The standard InChI is InChI=1S/C18H17ClN2O4S/c19-12-5-7-13(8-6-12)26-10-9-17(22)20-21-18(23)16-11-24-14-3-1-2-4-15(14)25-16/h1-8,16H,9-11H2,(H,20,22)(H,21,23). The molecule has 0 aliphatic carbocycles. The van der Waals surface area contributed by atoms with E-state index in [1.807, 2.05) is 18.2 Å². The molecule has 2 amide bonds. The highest BCUT2D eigenvalue weighted by molar-refractivity contribution is 7.99. The van der Waals surface area contributed by atoms with Crippen LogP contribution >= 0.6 is 23.4 Å². The van der Waals surface area contributed by atoms with E-state index in [0.29, 0.717) is 22.3 Å². The summed E-state index contributed by atoms with van der Waals surface area (Å²) in [6.45, 7) is 0.0884. The summed E-state index contributed by atoms with van der Waals surface area (Å²) in [5, 5.41) is 0.673. The minimum atomic E-state index is -0.811. The Kier molecular flexibility index (Phi) is 6.25. The first-order valence-corrected chi connectivity index (χ1v) is 9.34. The Morgan fingerprint density at radius 1 is 1.08 bits per heavy atom. The smallest absolute Gasteiger partial charge is 0.283 e. The van der Waals surface area contributed by atoms with Crippen molar-refractivity contribution in [2.75, 3.05) is 12.4 Å². The normalized spacial score (nSPS) is 15.2. The van der Waals surface area contributed by atoms with Crippen molar-refractivity contribution in [2.45, 2.75) is 17.4 Å². The van der Waals surface area contributed by atoms with Gasteiger partial charge in [0.15, 0.2) is 11.5 Å². The first-order valence-electron chi connectivity index (χ1n) is 7.97. The van der Waals surface area contributed by atoms with E-state index in [4.69, 9.17) is 21.1 Å². The number of amides is 2. The molecule has 1 aliphatic heterocycles. The Labute approximate surface area is 160 Å². The van der Waals surface area contributed by atoms with Crippen LogP contribution in [0.3, 0.4) is 0 Å². The maximum absolute atomic E-state index is 12.1. The summed E-state index contributed by atoms with van der Waals surface area (Å²) in [6, 6.07) is 14.5. The molecule has 26 heavy (non-hydrogen) atoms. The number of halogens is 1. The fraction of sp³-hybridized carbons (Fsp3) is 0.222. The molecule has 1 atom stereocenters. The Morgan fingerprint density at radius 2 is 1.81 bits per heavy atom. The largest absolute Gasteiger partial charge is 0.485 e. The van der Waals surface area contributed by atoms with Crippen molar-refractivity contribution in [3.8, 4) is 11.5 Å². The lowest BCUT2D eigenvalue weighted by molar-refractivity contribution is -0.135. The second-order valence-electron chi connectivity index (χ2n) is 5.45. The summed E-state index contributed by atoms with van der Waals surface area (Å²) in [5.41, 5.74) is 4.76. The van der Waals surface area contributed by atoms with Crippen LogP contribution in [0.1, 0.15) is 6.42 Å². The topological polar surface area (TPSA) is 76.7 Å². The summed E-state index contributed by atoms with van der Waals surface area (Å²) in [4.78, 5) is 25.0. The summed E-state index contributed by atoms with van der Waals surface area (Å²) in [7, 11) is 0. The van der Waals surface area contributed by atoms with Crippen LogP contribution in [0.25, 0.3) is 0 Å². The molecule has 136 valence electrons. The number of benzene rings is 2. The van der Waals surface area contributed by atoms with E-state index in [-0.39, 0.29) is 18.9 Å². The molecule has 8 heteroatoms. The lowest BCUT2D eigenvalue weighted by Crippen LogP contribution is -2.50. The van der Waals surface area contributed by atoms with Gasteiger partial charge in [-0.3, -0.25) is 20.4 Å². The SMILES string of the molecule is O=C(CCSc1ccc(Cl)cc1)NNC(=O)C1COc2ccccc2O1. The van der Waals surface area contributed by atoms with Gasteiger partial charge in [0.25, 0.3) is 5.91 Å². The van der Waals surface area contributed by atoms with E-state index in [1.165, 1.54) is 11.8 Å². The highest BCUT2D eigenvalue weighted by Gasteiger charge is 2.27. The molecule has 1 aliphatic rings. The fourth-order valence-electron chi connectivity index (χ4n) is 2.22. The molecule has 0 aromatic heterocycles. The number of para-hydroxylation sites is 2. The third-order valence-electron chi connectivity index (χ3n) is 3.54. The van der Waals surface area contributed by atoms with Gasteiger partial charge in [-0.05, 0) is 36.4 Å². The number of hydrogen-bond acceptors (Lipinski definition) is 5. The maximum atomic E-state index is 12.1. The number of rotatable bonds is 5. The molecule has 1 unspecified atom stereocenters. The Morgan fingerprint density at radius 3 is 2.58 bits per heavy atom. The number of hydrazine groups is 1. The summed E-state index contributed by atoms with van der Waals surface area (Å²) in [6.07, 6.45) is -0.549. The second-order valence-corrected chi connectivity index (χ2v) is 7.06. The zero-order valence-corrected chi connectivity index (χ0v) is 15.3. The monoisotopic (exact) mass is 392 g/mol. The predicted octanol–water partition coefficient (Wildman–Crippen LogP) is 2.81. The summed E-state index contributed by atoms with van der Waals surface area (Å²) >= 11 is 7.36. The Balaban J connectivity index is 1.37. The van der Waals surface area contributed by atoms with E-state index < -0.39 is 12.0 Å². The van der Waals surface area contributed by atoms with Crippen LogP contribution in [0, 0.1) is 0 Å². The molecule has 0 saturated carbocycles. The molecule has 0 radical (unpaired) electrons. The number of carbonyl (C=O) groups excluding carboxylic acids is 2. The summed E-state index contributed by atoms with van der Waals surface area (Å²) in [5.74, 6) is 0.944. The molecule has 2 aromatic rings. The maximum Gasteiger partial charge on any atom is 0.283 e. The molecule has 0 fully saturated rings. The van der Waals surface area contributed by atoms with Crippen LogP contribution in [0.15, 0.2) is 53.4 Å². The molecule has 6 nitrogen and oxygen atoms in total. The highest BCUT2D eigenvalue weighted by atomic mass is 35.5. The summed E-state index contributed by atoms with van der Waals surface area (Å²) < 4.78 is 11.0. The number of fused-ring (bicyclic) bond motifs is 1. The highest BCUT2D eigenvalue weighted by Crippen LogP contribution is 2.30. The number of hydrogen-bond donors (Lipinski definition) is 2. The number of ether oxygens (including phenoxy) is 2. The molecule has 1 heterocycles. The Hall–Kier alpha value is -2.38. The van der Waals surface area contributed by atoms with Crippen LogP contribution in [-0.4, -0.2) is 30.3 Å². The lowest BCUT2D eigenvalue weighted by atomic mass is 10.2. The van der Waals surface area contributed by atoms with Gasteiger partial charge < -0.3 is 9.47 Å². The van der Waals surface area contributed by atoms with Crippen LogP contribution in [0.4, 0.5) is 0 Å². The molecule has 3 rings (SSSR count). The van der Waals surface area contributed by atoms with Gasteiger partial charge in [0.05, 0.1) is 0 Å². The first kappa shape index (κ1) is 18.4. The fourth-order valence-corrected chi connectivity index (χ4v) is 3.19. The van der Waals surface area contributed by atoms with Crippen molar-refractivity contribution in [1.82, 2.24) is 10.9 Å². The van der Waals surface area contributed by atoms with Gasteiger partial charge in [-0.15, -0.1) is 11.8 Å². The van der Waals surface area contributed by atoms with Gasteiger partial charge in [-0.2, -0.15) is 0 Å². The van der Waals surface area contributed by atoms with Crippen molar-refractivity contribution in [3.63, 3.8) is 0 Å². The van der Waals surface area contributed by atoms with Crippen LogP contribution < -0.4 is 20.3 Å². The third-order valence-corrected chi connectivity index (χ3v) is 4.80. The molecule has 2 N–H and O–H groups in total. The quantitative estimate of drug-likeness (QED) is 0.604. The van der Waals surface area contributed by atoms with E-state index in [2.05, 4.69) is 10.9 Å². The molecular weight excluding hydrogens is 376 g/mol. The van der Waals surface area contributed by atoms with Crippen LogP contribution in [0.2, 0.25) is 5.02 Å². The van der Waals surface area contributed by atoms with Gasteiger partial charge in [0.2, 0.25) is 12.0 Å². The van der Waals surface area contributed by atoms with Gasteiger partial charge in [-0.25, -0.2) is 0 Å². The second kappa shape index (κ2) is 8.82. The minimum absolute atomic E-state index is 0.0884. The molecular formula is C18H17ClN2O4S. The van der Waals surface area contributed by atoms with Crippen LogP contribution in [0.5, 0.6) is 11.5 Å². The van der Waals surface area contributed by atoms with Gasteiger partial charge in [0, 0.05) is 22.1 Å². The number of carbonyl (C=O) groups is 2. The third kappa shape index (κ3) is 5.06. The van der Waals surface area contributed by atoms with Crippen molar-refractivity contribution in [2.24, 2.45) is 0 Å². The van der Waals surface area contributed by atoms with Gasteiger partial charge >= 0.3 is 0 Å². The molecule has 0 spiro atoms. The lowest BCUT2D eigenvalue weighted by Gasteiger charge is -2.25. The Bertz CT molecular complexity index is 785. The van der Waals surface area contributed by atoms with Crippen molar-refractivity contribution in [3.05, 3.63) is 53.6 Å². The van der Waals surface area contributed by atoms with Crippen molar-refractivity contribution < 1.29 is 19.1 Å². The number of thioether (sulfide) groups is 1. The zero-order chi connectivity index (χ0) is 18.4. The molecule has 0 saturated heterocycles. The minimum Gasteiger partial charge on any atom is -0.485 e. The van der Waals surface area contributed by atoms with E-state index >= 15 is 0 Å². The zero-order valence-electron chi connectivity index (χ0n) is 13.7. The molecule has 0 bridgehead atoms. The van der Waals surface area contributed by atoms with Crippen molar-refractivity contribution in [1.29, 1.82) is 0 Å². The van der Waals surface area contributed by atoms with E-state index in [0.717, 1.165) is 4.90 Å². The van der Waals surface area contributed by atoms with Crippen LogP contribution in [-0.2, 0) is 9.59 Å². The van der Waals surface area contributed by atoms with Crippen molar-refractivity contribution >= 4 is 35.2 Å². The predicted molar refractivity (Wildman–Crippen MR) is 99.4 cm³/mol. The number of nitrogens with one attached hydrogen (secondary N) is 2. The van der Waals surface area contributed by atoms with Gasteiger partial charge in [0.1, 0.15) is 6.61 Å². The average molecular weight is 393 g/mol. The first-order chi connectivity index (χ1) is 12.6. The van der Waals surface area contributed by atoms with Gasteiger partial charge in [-0.1, -0.05) is 23.7 Å². The van der Waals surface area contributed by atoms with E-state index in [1.54, 1.807) is 30.3 Å².